The fourth-order valence-electron chi connectivity index (χ4n) is 2.83. The Balaban J connectivity index is 2.12. The second-order valence-corrected chi connectivity index (χ2v) is 5.68. The number of carboxylic acids is 1. The quantitative estimate of drug-likeness (QED) is 0.666. The van der Waals surface area contributed by atoms with E-state index in [2.05, 4.69) is 16.9 Å². The maximum absolute atomic E-state index is 11.2. The second-order valence-electron chi connectivity index (χ2n) is 5.68. The Morgan fingerprint density at radius 3 is 2.96 bits per heavy atom. The summed E-state index contributed by atoms with van der Waals surface area (Å²) in [6.07, 6.45) is 3.65. The number of nitrogens with one attached hydrogen (secondary N) is 1. The minimum atomic E-state index is -1.02. The van der Waals surface area contributed by atoms with Crippen molar-refractivity contribution in [2.24, 2.45) is 0 Å². The summed E-state index contributed by atoms with van der Waals surface area (Å²) in [5.41, 5.74) is 2.91. The number of carboxylic acid groups (broad SMARTS) is 1. The van der Waals surface area contributed by atoms with E-state index in [9.17, 15) is 9.90 Å². The average Bonchev–Trinajstić information content (AvgIpc) is 2.92. The number of carbonyl (C=O) groups is 1. The van der Waals surface area contributed by atoms with E-state index in [4.69, 9.17) is 4.74 Å². The summed E-state index contributed by atoms with van der Waals surface area (Å²) in [5.74, 6) is -1.02. The van der Waals surface area contributed by atoms with Crippen LogP contribution in [0.5, 0.6) is 0 Å². The molecule has 5 nitrogen and oxygen atoms in total. The number of aromatic amines is 1. The van der Waals surface area contributed by atoms with Crippen LogP contribution in [0.4, 0.5) is 0 Å². The van der Waals surface area contributed by atoms with Crippen molar-refractivity contribution in [3.63, 3.8) is 0 Å². The van der Waals surface area contributed by atoms with E-state index in [1.54, 1.807) is 12.3 Å². The molecule has 3 aromatic rings. The highest BCUT2D eigenvalue weighted by molar-refractivity contribution is 6.10. The molecule has 0 saturated heterocycles. The molecule has 0 aliphatic carbocycles. The molecule has 0 saturated carbocycles. The lowest BCUT2D eigenvalue weighted by Gasteiger charge is -2.14. The van der Waals surface area contributed by atoms with Gasteiger partial charge in [-0.25, -0.2) is 9.78 Å². The van der Waals surface area contributed by atoms with E-state index in [0.29, 0.717) is 0 Å². The molecule has 1 unspecified atom stereocenters. The summed E-state index contributed by atoms with van der Waals surface area (Å²) in [4.78, 5) is 18.5. The summed E-state index contributed by atoms with van der Waals surface area (Å²) in [7, 11) is 0. The van der Waals surface area contributed by atoms with Crippen molar-refractivity contribution >= 4 is 27.8 Å². The smallest absolute Gasteiger partial charge is 0.354 e. The third-order valence-corrected chi connectivity index (χ3v) is 4.06. The van der Waals surface area contributed by atoms with Gasteiger partial charge in [0, 0.05) is 22.9 Å². The Morgan fingerprint density at radius 2 is 2.22 bits per heavy atom. The highest BCUT2D eigenvalue weighted by atomic mass is 16.5. The third kappa shape index (κ3) is 2.92. The molecule has 2 heterocycles. The number of hydrogen-bond acceptors (Lipinski definition) is 3. The largest absolute Gasteiger partial charge is 0.477 e. The Bertz CT molecular complexity index is 854. The van der Waals surface area contributed by atoms with Gasteiger partial charge in [-0.15, -0.1) is 0 Å². The van der Waals surface area contributed by atoms with Crippen LogP contribution in [0.15, 0.2) is 30.5 Å². The summed E-state index contributed by atoms with van der Waals surface area (Å²) < 4.78 is 5.93. The van der Waals surface area contributed by atoms with Crippen LogP contribution in [0.25, 0.3) is 21.8 Å². The molecular formula is C18H20N2O3. The van der Waals surface area contributed by atoms with Gasteiger partial charge in [-0.3, -0.25) is 0 Å². The van der Waals surface area contributed by atoms with Gasteiger partial charge < -0.3 is 14.8 Å². The van der Waals surface area contributed by atoms with E-state index < -0.39 is 5.97 Å². The van der Waals surface area contributed by atoms with Crippen molar-refractivity contribution in [2.75, 3.05) is 6.61 Å². The summed E-state index contributed by atoms with van der Waals surface area (Å²) in [6.45, 7) is 4.88. The number of ether oxygens (including phenoxy) is 1. The number of benzene rings is 1. The minimum absolute atomic E-state index is 0.0488. The maximum Gasteiger partial charge on any atom is 0.354 e. The molecule has 120 valence electrons. The van der Waals surface area contributed by atoms with Crippen LogP contribution in [-0.2, 0) is 4.74 Å². The van der Waals surface area contributed by atoms with Crippen LogP contribution >= 0.6 is 0 Å². The van der Waals surface area contributed by atoms with E-state index in [-0.39, 0.29) is 11.8 Å². The lowest BCUT2D eigenvalue weighted by atomic mass is 10.0. The summed E-state index contributed by atoms with van der Waals surface area (Å²) >= 11 is 0. The second kappa shape index (κ2) is 6.38. The lowest BCUT2D eigenvalue weighted by Crippen LogP contribution is -2.02. The molecule has 2 aromatic heterocycles. The number of fused-ring (bicyclic) bond motifs is 3. The van der Waals surface area contributed by atoms with E-state index >= 15 is 0 Å². The lowest BCUT2D eigenvalue weighted by molar-refractivity contribution is 0.0646. The Kier molecular flexibility index (Phi) is 4.30. The molecule has 1 atom stereocenters. The number of H-pyrrole nitrogens is 1. The Hall–Kier alpha value is -2.40. The third-order valence-electron chi connectivity index (χ3n) is 4.06. The van der Waals surface area contributed by atoms with Gasteiger partial charge in [-0.05, 0) is 31.0 Å². The molecule has 23 heavy (non-hydrogen) atoms. The van der Waals surface area contributed by atoms with Crippen LogP contribution in [0, 0.1) is 0 Å². The van der Waals surface area contributed by atoms with Crippen molar-refractivity contribution < 1.29 is 14.6 Å². The predicted molar refractivity (Wildman–Crippen MR) is 89.8 cm³/mol. The highest BCUT2D eigenvalue weighted by Gasteiger charge is 2.16. The van der Waals surface area contributed by atoms with Crippen molar-refractivity contribution in [3.05, 3.63) is 41.7 Å². The number of hydrogen-bond donors (Lipinski definition) is 2. The van der Waals surface area contributed by atoms with Gasteiger partial charge in [-0.2, -0.15) is 0 Å². The first kappa shape index (κ1) is 15.5. The predicted octanol–water partition coefficient (Wildman–Crippen LogP) is 4.29. The van der Waals surface area contributed by atoms with Gasteiger partial charge in [0.25, 0.3) is 0 Å². The van der Waals surface area contributed by atoms with Gasteiger partial charge in [0.15, 0.2) is 0 Å². The van der Waals surface area contributed by atoms with E-state index in [1.807, 2.05) is 25.1 Å². The van der Waals surface area contributed by atoms with Gasteiger partial charge >= 0.3 is 5.97 Å². The topological polar surface area (TPSA) is 75.2 Å². The van der Waals surface area contributed by atoms with Crippen LogP contribution < -0.4 is 0 Å². The molecular weight excluding hydrogens is 292 g/mol. The van der Waals surface area contributed by atoms with Crippen LogP contribution in [-0.4, -0.2) is 27.7 Å². The molecule has 0 aliphatic heterocycles. The first-order valence-corrected chi connectivity index (χ1v) is 7.87. The van der Waals surface area contributed by atoms with Crippen molar-refractivity contribution in [3.8, 4) is 0 Å². The van der Waals surface area contributed by atoms with E-state index in [0.717, 1.165) is 46.8 Å². The average molecular weight is 312 g/mol. The number of unbranched alkanes of at least 4 members (excludes halogenated alkanes) is 1. The van der Waals surface area contributed by atoms with Crippen molar-refractivity contribution in [1.29, 1.82) is 0 Å². The molecule has 0 aliphatic rings. The highest BCUT2D eigenvalue weighted by Crippen LogP contribution is 2.33. The van der Waals surface area contributed by atoms with E-state index in [1.165, 1.54) is 0 Å². The molecule has 0 fully saturated rings. The van der Waals surface area contributed by atoms with Gasteiger partial charge in [0.05, 0.1) is 17.8 Å². The number of aromatic nitrogens is 2. The van der Waals surface area contributed by atoms with Gasteiger partial charge in [-0.1, -0.05) is 25.5 Å². The first-order valence-electron chi connectivity index (χ1n) is 7.87. The zero-order chi connectivity index (χ0) is 16.4. The van der Waals surface area contributed by atoms with Gasteiger partial charge in [0.2, 0.25) is 0 Å². The van der Waals surface area contributed by atoms with Crippen LogP contribution in [0.1, 0.15) is 48.8 Å². The Labute approximate surface area is 134 Å². The number of nitrogens with zero attached hydrogens (tertiary/aromatic N) is 1. The first-order chi connectivity index (χ1) is 11.1. The maximum atomic E-state index is 11.2. The number of rotatable bonds is 6. The zero-order valence-corrected chi connectivity index (χ0v) is 13.3. The number of pyridine rings is 1. The summed E-state index contributed by atoms with van der Waals surface area (Å²) in [5, 5.41) is 11.1. The van der Waals surface area contributed by atoms with Crippen LogP contribution in [0.3, 0.4) is 0 Å². The standard InChI is InChI=1S/C18H20N2O3/c1-3-4-8-23-11(2)12-6-5-7-14-17(12)13-9-15(18(21)22)19-10-16(13)20-14/h5-7,9-11,20H,3-4,8H2,1-2H3,(H,21,22). The summed E-state index contributed by atoms with van der Waals surface area (Å²) in [6, 6.07) is 7.63. The van der Waals surface area contributed by atoms with Crippen LogP contribution in [0.2, 0.25) is 0 Å². The molecule has 3 rings (SSSR count). The minimum Gasteiger partial charge on any atom is -0.477 e. The van der Waals surface area contributed by atoms with Crippen molar-refractivity contribution in [1.82, 2.24) is 9.97 Å². The number of aromatic carboxylic acids is 1. The van der Waals surface area contributed by atoms with Crippen molar-refractivity contribution in [2.45, 2.75) is 32.8 Å². The molecule has 0 amide bonds. The molecule has 0 spiro atoms. The fourth-order valence-corrected chi connectivity index (χ4v) is 2.83. The zero-order valence-electron chi connectivity index (χ0n) is 13.3. The fraction of sp³-hybridized carbons (Fsp3) is 0.333. The normalized spacial score (nSPS) is 12.8. The molecule has 2 N–H and O–H groups in total. The molecule has 1 aromatic carbocycles. The molecule has 5 heteroatoms. The monoisotopic (exact) mass is 312 g/mol. The molecule has 0 bridgehead atoms. The Morgan fingerprint density at radius 1 is 1.39 bits per heavy atom. The molecule has 0 radical (unpaired) electrons. The van der Waals surface area contributed by atoms with Gasteiger partial charge in [0.1, 0.15) is 5.69 Å². The SMILES string of the molecule is CCCCOC(C)c1cccc2[nH]c3cnc(C(=O)O)cc3c12.